The Morgan fingerprint density at radius 3 is 1.87 bits per heavy atom. The number of hydrogen-bond acceptors (Lipinski definition) is 2. The van der Waals surface area contributed by atoms with Gasteiger partial charge in [0.25, 0.3) is 0 Å². The minimum absolute atomic E-state index is 0.235. The number of unbranched alkanes of at least 4 members (excludes halogenated alkanes) is 11. The summed E-state index contributed by atoms with van der Waals surface area (Å²) in [4.78, 5) is 12.0. The van der Waals surface area contributed by atoms with Crippen LogP contribution in [0.2, 0.25) is 0 Å². The fourth-order valence-electron chi connectivity index (χ4n) is 4.25. The van der Waals surface area contributed by atoms with Crippen LogP contribution in [0.15, 0.2) is 0 Å². The number of quaternary nitrogens is 1. The van der Waals surface area contributed by atoms with Gasteiger partial charge in [-0.2, -0.15) is 0 Å². The van der Waals surface area contributed by atoms with Crippen molar-refractivity contribution >= 4 is 5.91 Å². The van der Waals surface area contributed by atoms with Crippen molar-refractivity contribution in [1.82, 2.24) is 5.32 Å². The van der Waals surface area contributed by atoms with Gasteiger partial charge >= 0.3 is 0 Å². The highest BCUT2D eigenvalue weighted by molar-refractivity contribution is 5.75. The Labute approximate surface area is 188 Å². The van der Waals surface area contributed by atoms with Crippen molar-refractivity contribution in [2.24, 2.45) is 5.92 Å². The zero-order valence-electron chi connectivity index (χ0n) is 20.9. The number of amides is 1. The lowest BCUT2D eigenvalue weighted by Gasteiger charge is -2.29. The summed E-state index contributed by atoms with van der Waals surface area (Å²) >= 11 is 0. The van der Waals surface area contributed by atoms with Gasteiger partial charge in [-0.3, -0.25) is 4.79 Å². The lowest BCUT2D eigenvalue weighted by atomic mass is 10.0. The number of epoxide rings is 1. The lowest BCUT2D eigenvalue weighted by molar-refractivity contribution is -0.890. The molecule has 1 saturated heterocycles. The fraction of sp³-hybridized carbons (Fsp3) is 0.962. The van der Waals surface area contributed by atoms with Gasteiger partial charge in [0.05, 0.1) is 27.2 Å². The lowest BCUT2D eigenvalue weighted by Crippen LogP contribution is -2.44. The third-order valence-corrected chi connectivity index (χ3v) is 6.30. The summed E-state index contributed by atoms with van der Waals surface area (Å²) in [6.45, 7) is 8.57. The number of carbonyl (C=O) groups is 1. The Balaban J connectivity index is 1.76. The first kappa shape index (κ1) is 27.4. The number of nitrogens with one attached hydrogen (secondary N) is 1. The van der Waals surface area contributed by atoms with E-state index in [4.69, 9.17) is 4.74 Å². The zero-order valence-corrected chi connectivity index (χ0v) is 20.9. The summed E-state index contributed by atoms with van der Waals surface area (Å²) in [6.07, 6.45) is 19.8. The van der Waals surface area contributed by atoms with Crippen LogP contribution in [0.25, 0.3) is 0 Å². The molecule has 0 aromatic heterocycles. The maximum absolute atomic E-state index is 12.0. The van der Waals surface area contributed by atoms with Crippen molar-refractivity contribution in [1.29, 1.82) is 0 Å². The second-order valence-electron chi connectivity index (χ2n) is 10.7. The summed E-state index contributed by atoms with van der Waals surface area (Å²) in [7, 11) is 4.50. The predicted octanol–water partition coefficient (Wildman–Crippen LogP) is 6.09. The topological polar surface area (TPSA) is 41.6 Å². The van der Waals surface area contributed by atoms with Crippen LogP contribution in [-0.4, -0.2) is 56.8 Å². The van der Waals surface area contributed by atoms with E-state index in [2.05, 4.69) is 33.3 Å². The average Bonchev–Trinajstić information content (AvgIpc) is 3.48. The monoisotopic (exact) mass is 425 g/mol. The van der Waals surface area contributed by atoms with Crippen LogP contribution < -0.4 is 5.32 Å². The Bertz CT molecular complexity index is 419. The van der Waals surface area contributed by atoms with E-state index < -0.39 is 0 Å². The van der Waals surface area contributed by atoms with E-state index in [1.54, 1.807) is 0 Å². The molecule has 0 bridgehead atoms. The number of rotatable bonds is 21. The molecule has 30 heavy (non-hydrogen) atoms. The second kappa shape index (κ2) is 17.0. The molecule has 4 nitrogen and oxygen atoms in total. The van der Waals surface area contributed by atoms with Gasteiger partial charge in [0.15, 0.2) is 0 Å². The number of hydrogen-bond donors (Lipinski definition) is 1. The first-order valence-corrected chi connectivity index (χ1v) is 13.1. The molecule has 1 heterocycles. The van der Waals surface area contributed by atoms with Crippen LogP contribution in [0.5, 0.6) is 0 Å². The summed E-state index contributed by atoms with van der Waals surface area (Å²) in [5.74, 6) is 1.10. The molecule has 1 aliphatic rings. The van der Waals surface area contributed by atoms with Crippen LogP contribution in [0.3, 0.4) is 0 Å². The number of likely N-dealkylation sites (N-methyl/N-ethyl adjacent to an activating group) is 1. The normalized spacial score (nSPS) is 16.2. The quantitative estimate of drug-likeness (QED) is 0.137. The molecule has 1 aliphatic heterocycles. The van der Waals surface area contributed by atoms with Gasteiger partial charge in [0.1, 0.15) is 12.6 Å². The first-order valence-electron chi connectivity index (χ1n) is 13.1. The van der Waals surface area contributed by atoms with Gasteiger partial charge in [-0.05, 0) is 12.3 Å². The molecular weight excluding hydrogens is 372 g/mol. The number of ether oxygens (including phenoxy) is 1. The van der Waals surface area contributed by atoms with Crippen molar-refractivity contribution in [2.75, 3.05) is 40.3 Å². The molecule has 0 radical (unpaired) electrons. The summed E-state index contributed by atoms with van der Waals surface area (Å²) < 4.78 is 6.31. The predicted molar refractivity (Wildman–Crippen MR) is 129 cm³/mol. The second-order valence-corrected chi connectivity index (χ2v) is 10.7. The summed E-state index contributed by atoms with van der Waals surface area (Å²) in [5.41, 5.74) is 0. The molecule has 0 spiro atoms. The van der Waals surface area contributed by atoms with Gasteiger partial charge in [-0.15, -0.1) is 0 Å². The standard InChI is InChI=1S/C26H52N2O2/c1-24(2)18-15-13-11-9-7-5-6-8-10-12-14-16-19-26(29)27-20-17-21-28(3,4)22-25-23-30-25/h24-25H,5-23H2,1-4H3/p+1. The van der Waals surface area contributed by atoms with Gasteiger partial charge in [0, 0.05) is 19.4 Å². The third kappa shape index (κ3) is 18.2. The highest BCUT2D eigenvalue weighted by Gasteiger charge is 2.31. The summed E-state index contributed by atoms with van der Waals surface area (Å²) in [5, 5.41) is 3.09. The number of nitrogens with zero attached hydrogens (tertiary/aromatic N) is 1. The molecule has 0 saturated carbocycles. The van der Waals surface area contributed by atoms with Crippen molar-refractivity contribution in [2.45, 2.75) is 116 Å². The first-order chi connectivity index (χ1) is 14.4. The van der Waals surface area contributed by atoms with Gasteiger partial charge in [-0.1, -0.05) is 90.9 Å². The smallest absolute Gasteiger partial charge is 0.219 e. The largest absolute Gasteiger partial charge is 0.367 e. The maximum atomic E-state index is 12.0. The highest BCUT2D eigenvalue weighted by Crippen LogP contribution is 2.15. The summed E-state index contributed by atoms with van der Waals surface area (Å²) in [6, 6.07) is 0. The van der Waals surface area contributed by atoms with Crippen molar-refractivity contribution in [3.63, 3.8) is 0 Å². The van der Waals surface area contributed by atoms with E-state index in [1.807, 2.05) is 0 Å². The van der Waals surface area contributed by atoms with E-state index in [9.17, 15) is 4.79 Å². The Hall–Kier alpha value is -0.610. The van der Waals surface area contributed by atoms with Crippen molar-refractivity contribution < 1.29 is 14.0 Å². The Kier molecular flexibility index (Phi) is 15.5. The van der Waals surface area contributed by atoms with Crippen LogP contribution in [0.1, 0.15) is 110 Å². The Morgan fingerprint density at radius 2 is 1.37 bits per heavy atom. The van der Waals surface area contributed by atoms with E-state index in [0.717, 1.165) is 49.5 Å². The van der Waals surface area contributed by atoms with Gasteiger partial charge in [-0.25, -0.2) is 0 Å². The van der Waals surface area contributed by atoms with Crippen LogP contribution >= 0.6 is 0 Å². The zero-order chi connectivity index (χ0) is 22.1. The minimum atomic E-state index is 0.235. The molecular formula is C26H53N2O2+. The van der Waals surface area contributed by atoms with E-state index in [0.29, 0.717) is 12.5 Å². The molecule has 4 heteroatoms. The average molecular weight is 426 g/mol. The molecule has 1 fully saturated rings. The molecule has 1 rings (SSSR count). The van der Waals surface area contributed by atoms with Gasteiger partial charge in [0.2, 0.25) is 5.91 Å². The van der Waals surface area contributed by atoms with Crippen molar-refractivity contribution in [3.8, 4) is 0 Å². The van der Waals surface area contributed by atoms with Crippen LogP contribution in [0.4, 0.5) is 0 Å². The molecule has 178 valence electrons. The fourth-order valence-corrected chi connectivity index (χ4v) is 4.25. The van der Waals surface area contributed by atoms with E-state index in [1.165, 1.54) is 77.0 Å². The highest BCUT2D eigenvalue weighted by atomic mass is 16.6. The molecule has 1 N–H and O–H groups in total. The number of carbonyl (C=O) groups excluding carboxylic acids is 1. The maximum Gasteiger partial charge on any atom is 0.219 e. The van der Waals surface area contributed by atoms with Crippen molar-refractivity contribution in [3.05, 3.63) is 0 Å². The Morgan fingerprint density at radius 1 is 0.867 bits per heavy atom. The molecule has 0 aromatic rings. The van der Waals surface area contributed by atoms with Crippen LogP contribution in [-0.2, 0) is 9.53 Å². The molecule has 0 aliphatic carbocycles. The minimum Gasteiger partial charge on any atom is -0.367 e. The molecule has 1 atom stereocenters. The third-order valence-electron chi connectivity index (χ3n) is 6.30. The molecule has 1 amide bonds. The van der Waals surface area contributed by atoms with Crippen LogP contribution in [0, 0.1) is 5.92 Å². The molecule has 1 unspecified atom stereocenters. The molecule has 0 aromatic carbocycles. The SMILES string of the molecule is CC(C)CCCCCCCCCCCCCCC(=O)NCCC[N+](C)(C)CC1CO1. The van der Waals surface area contributed by atoms with E-state index in [-0.39, 0.29) is 5.91 Å². The van der Waals surface area contributed by atoms with Gasteiger partial charge < -0.3 is 14.5 Å². The van der Waals surface area contributed by atoms with E-state index >= 15 is 0 Å².